The number of ketones is 1. The molecule has 0 spiro atoms. The van der Waals surface area contributed by atoms with Crippen LogP contribution in [0, 0.1) is 0 Å². The van der Waals surface area contributed by atoms with Crippen molar-refractivity contribution in [2.24, 2.45) is 5.73 Å². The van der Waals surface area contributed by atoms with E-state index in [2.05, 4.69) is 15.9 Å². The van der Waals surface area contributed by atoms with Crippen molar-refractivity contribution in [3.63, 3.8) is 0 Å². The quantitative estimate of drug-likeness (QED) is 0.871. The first-order valence-electron chi connectivity index (χ1n) is 5.41. The fourth-order valence-corrected chi connectivity index (χ4v) is 2.90. The maximum atomic E-state index is 11.8. The van der Waals surface area contributed by atoms with Crippen molar-refractivity contribution in [2.45, 2.75) is 19.8 Å². The van der Waals surface area contributed by atoms with Gasteiger partial charge in [-0.25, -0.2) is 0 Å². The third kappa shape index (κ3) is 2.05. The molecular weight excluding hydrogens is 286 g/mol. The van der Waals surface area contributed by atoms with Gasteiger partial charge in [-0.3, -0.25) is 4.79 Å². The minimum Gasteiger partial charge on any atom is -0.454 e. The topological polar surface area (TPSA) is 61.6 Å². The van der Waals surface area contributed by atoms with Crippen LogP contribution in [0.25, 0.3) is 0 Å². The molecule has 0 fully saturated rings. The molecule has 1 aliphatic rings. The van der Waals surface area contributed by atoms with E-state index >= 15 is 0 Å². The first-order chi connectivity index (χ1) is 8.06. The second-order valence-electron chi connectivity index (χ2n) is 4.17. The van der Waals surface area contributed by atoms with E-state index in [1.54, 1.807) is 6.07 Å². The van der Waals surface area contributed by atoms with Crippen LogP contribution in [0.3, 0.4) is 0 Å². The van der Waals surface area contributed by atoms with Crippen LogP contribution < -0.4 is 15.2 Å². The lowest BCUT2D eigenvalue weighted by Gasteiger charge is -2.15. The van der Waals surface area contributed by atoms with E-state index in [9.17, 15) is 4.79 Å². The van der Waals surface area contributed by atoms with E-state index in [0.717, 1.165) is 10.0 Å². The molecular formula is C12H14BrNO3. The monoisotopic (exact) mass is 299 g/mol. The van der Waals surface area contributed by atoms with Crippen LogP contribution in [0.15, 0.2) is 10.5 Å². The molecule has 92 valence electrons. The van der Waals surface area contributed by atoms with Gasteiger partial charge >= 0.3 is 0 Å². The average Bonchev–Trinajstić information content (AvgIpc) is 2.75. The molecule has 0 aromatic heterocycles. The number of carbonyl (C=O) groups excluding carboxylic acids is 1. The summed E-state index contributed by atoms with van der Waals surface area (Å²) in [6.07, 6.45) is 0. The largest absolute Gasteiger partial charge is 0.454 e. The summed E-state index contributed by atoms with van der Waals surface area (Å²) in [6.45, 7) is 4.22. The number of hydrogen-bond acceptors (Lipinski definition) is 4. The summed E-state index contributed by atoms with van der Waals surface area (Å²) in [5, 5.41) is 0. The van der Waals surface area contributed by atoms with Gasteiger partial charge in [0.2, 0.25) is 6.79 Å². The maximum absolute atomic E-state index is 11.8. The van der Waals surface area contributed by atoms with Crippen LogP contribution in [0.4, 0.5) is 0 Å². The van der Waals surface area contributed by atoms with Gasteiger partial charge < -0.3 is 15.2 Å². The lowest BCUT2D eigenvalue weighted by molar-refractivity contribution is 0.0999. The normalized spacial score (nSPS) is 13.2. The van der Waals surface area contributed by atoms with Crippen molar-refractivity contribution in [3.8, 4) is 11.5 Å². The number of fused-ring (bicyclic) bond motifs is 1. The van der Waals surface area contributed by atoms with Crippen molar-refractivity contribution in [3.05, 3.63) is 21.7 Å². The molecule has 17 heavy (non-hydrogen) atoms. The molecule has 2 N–H and O–H groups in total. The fourth-order valence-electron chi connectivity index (χ4n) is 1.92. The van der Waals surface area contributed by atoms with Gasteiger partial charge in [-0.15, -0.1) is 0 Å². The van der Waals surface area contributed by atoms with Gasteiger partial charge in [0.25, 0.3) is 0 Å². The molecule has 0 aliphatic carbocycles. The Hall–Kier alpha value is -1.07. The highest BCUT2D eigenvalue weighted by molar-refractivity contribution is 9.10. The SMILES string of the molecule is CC(C)c1c(C(=O)CN)cc2c(c1Br)OCO2. The summed E-state index contributed by atoms with van der Waals surface area (Å²) in [7, 11) is 0. The first-order valence-corrected chi connectivity index (χ1v) is 6.20. The van der Waals surface area contributed by atoms with Crippen LogP contribution >= 0.6 is 15.9 Å². The van der Waals surface area contributed by atoms with E-state index in [-0.39, 0.29) is 25.0 Å². The number of nitrogens with two attached hydrogens (primary N) is 1. The van der Waals surface area contributed by atoms with Crippen molar-refractivity contribution in [1.82, 2.24) is 0 Å². The zero-order chi connectivity index (χ0) is 12.6. The lowest BCUT2D eigenvalue weighted by atomic mass is 9.94. The van der Waals surface area contributed by atoms with Crippen LogP contribution in [0.5, 0.6) is 11.5 Å². The fraction of sp³-hybridized carbons (Fsp3) is 0.417. The Morgan fingerprint density at radius 1 is 1.53 bits per heavy atom. The van der Waals surface area contributed by atoms with Crippen LogP contribution in [-0.4, -0.2) is 19.1 Å². The van der Waals surface area contributed by atoms with E-state index in [4.69, 9.17) is 15.2 Å². The highest BCUT2D eigenvalue weighted by atomic mass is 79.9. The smallest absolute Gasteiger partial charge is 0.231 e. The second-order valence-corrected chi connectivity index (χ2v) is 4.96. The Labute approximate surface area is 108 Å². The number of carbonyl (C=O) groups is 1. The Kier molecular flexibility index (Phi) is 3.40. The molecule has 1 aromatic carbocycles. The molecule has 1 aromatic rings. The summed E-state index contributed by atoms with van der Waals surface area (Å²) in [5.41, 5.74) is 6.96. The molecule has 0 radical (unpaired) electrons. The predicted octanol–water partition coefficient (Wildman–Crippen LogP) is 2.44. The van der Waals surface area contributed by atoms with Crippen molar-refractivity contribution in [1.29, 1.82) is 0 Å². The zero-order valence-electron chi connectivity index (χ0n) is 9.75. The van der Waals surface area contributed by atoms with Gasteiger partial charge in [0.15, 0.2) is 17.3 Å². The lowest BCUT2D eigenvalue weighted by Crippen LogP contribution is -2.16. The van der Waals surface area contributed by atoms with Gasteiger partial charge in [0, 0.05) is 5.56 Å². The van der Waals surface area contributed by atoms with Gasteiger partial charge in [0.1, 0.15) is 0 Å². The van der Waals surface area contributed by atoms with Crippen molar-refractivity contribution < 1.29 is 14.3 Å². The molecule has 4 nitrogen and oxygen atoms in total. The van der Waals surface area contributed by atoms with Crippen molar-refractivity contribution in [2.75, 3.05) is 13.3 Å². The Morgan fingerprint density at radius 2 is 2.24 bits per heavy atom. The van der Waals surface area contributed by atoms with Crippen LogP contribution in [0.1, 0.15) is 35.7 Å². The first kappa shape index (κ1) is 12.4. The van der Waals surface area contributed by atoms with E-state index in [1.807, 2.05) is 13.8 Å². The molecule has 0 unspecified atom stereocenters. The van der Waals surface area contributed by atoms with Gasteiger partial charge in [-0.05, 0) is 33.5 Å². The third-order valence-corrected chi connectivity index (χ3v) is 3.49. The van der Waals surface area contributed by atoms with E-state index < -0.39 is 0 Å². The predicted molar refractivity (Wildman–Crippen MR) is 67.7 cm³/mol. The molecule has 1 aliphatic heterocycles. The maximum Gasteiger partial charge on any atom is 0.231 e. The molecule has 0 saturated carbocycles. The van der Waals surface area contributed by atoms with Gasteiger partial charge in [-0.1, -0.05) is 13.8 Å². The van der Waals surface area contributed by atoms with Crippen molar-refractivity contribution >= 4 is 21.7 Å². The Bertz CT molecular complexity index is 471. The standard InChI is InChI=1S/C12H14BrNO3/c1-6(2)10-7(8(15)4-14)3-9-12(11(10)13)17-5-16-9/h3,6H,4-5,14H2,1-2H3. The van der Waals surface area contributed by atoms with E-state index in [0.29, 0.717) is 17.1 Å². The number of halogens is 1. The van der Waals surface area contributed by atoms with Crippen LogP contribution in [-0.2, 0) is 0 Å². The molecule has 0 atom stereocenters. The van der Waals surface area contributed by atoms with Gasteiger partial charge in [-0.2, -0.15) is 0 Å². The molecule has 2 rings (SSSR count). The molecule has 1 heterocycles. The number of rotatable bonds is 3. The third-order valence-electron chi connectivity index (χ3n) is 2.71. The Morgan fingerprint density at radius 3 is 2.82 bits per heavy atom. The van der Waals surface area contributed by atoms with E-state index in [1.165, 1.54) is 0 Å². The molecule has 5 heteroatoms. The number of benzene rings is 1. The molecule has 0 saturated heterocycles. The minimum atomic E-state index is -0.0901. The van der Waals surface area contributed by atoms with Crippen LogP contribution in [0.2, 0.25) is 0 Å². The summed E-state index contributed by atoms with van der Waals surface area (Å²) >= 11 is 3.48. The average molecular weight is 300 g/mol. The highest BCUT2D eigenvalue weighted by Crippen LogP contribution is 2.45. The summed E-state index contributed by atoms with van der Waals surface area (Å²) in [5.74, 6) is 1.37. The highest BCUT2D eigenvalue weighted by Gasteiger charge is 2.26. The summed E-state index contributed by atoms with van der Waals surface area (Å²) < 4.78 is 11.5. The second kappa shape index (κ2) is 4.66. The summed E-state index contributed by atoms with van der Waals surface area (Å²) in [6, 6.07) is 1.72. The zero-order valence-corrected chi connectivity index (χ0v) is 11.3. The van der Waals surface area contributed by atoms with Gasteiger partial charge in [0.05, 0.1) is 11.0 Å². The molecule has 0 bridgehead atoms. The number of ether oxygens (including phenoxy) is 2. The molecule has 0 amide bonds. The Balaban J connectivity index is 2.65. The summed E-state index contributed by atoms with van der Waals surface area (Å²) in [4.78, 5) is 11.8. The number of Topliss-reactive ketones (excluding diaryl/α,β-unsaturated/α-hetero) is 1. The minimum absolute atomic E-state index is 0.00813. The number of hydrogen-bond donors (Lipinski definition) is 1.